The summed E-state index contributed by atoms with van der Waals surface area (Å²) in [6.07, 6.45) is 11.4. The van der Waals surface area contributed by atoms with Crippen molar-refractivity contribution in [1.82, 2.24) is 25.4 Å². The van der Waals surface area contributed by atoms with Gasteiger partial charge >= 0.3 is 0 Å². The molecule has 0 aliphatic rings. The van der Waals surface area contributed by atoms with Crippen molar-refractivity contribution in [2.45, 2.75) is 70.8 Å². The average Bonchev–Trinajstić information content (AvgIpc) is 3.39. The smallest absolute Gasteiger partial charge is 0.242 e. The van der Waals surface area contributed by atoms with Crippen LogP contribution in [-0.4, -0.2) is 79.1 Å². The van der Waals surface area contributed by atoms with Gasteiger partial charge in [-0.3, -0.25) is 19.3 Å². The van der Waals surface area contributed by atoms with Crippen LogP contribution < -0.4 is 10.6 Å². The summed E-state index contributed by atoms with van der Waals surface area (Å²) < 4.78 is 12.6. The number of terminal acetylenes is 1. The first-order valence-electron chi connectivity index (χ1n) is 12.7. The lowest BCUT2D eigenvalue weighted by Crippen LogP contribution is -2.49. The summed E-state index contributed by atoms with van der Waals surface area (Å²) >= 11 is 1.43. The third kappa shape index (κ3) is 13.5. The van der Waals surface area contributed by atoms with E-state index in [0.29, 0.717) is 25.6 Å². The highest BCUT2D eigenvalue weighted by Crippen LogP contribution is 2.15. The van der Waals surface area contributed by atoms with Crippen LogP contribution in [0, 0.1) is 18.3 Å². The van der Waals surface area contributed by atoms with Gasteiger partial charge in [0, 0.05) is 57.7 Å². The highest BCUT2D eigenvalue weighted by molar-refractivity contribution is 7.07. The van der Waals surface area contributed by atoms with Crippen molar-refractivity contribution in [2.75, 3.05) is 40.5 Å². The maximum absolute atomic E-state index is 13.0. The summed E-state index contributed by atoms with van der Waals surface area (Å²) in [5.74, 6) is 2.20. The molecule has 2 N–H and O–H groups in total. The molecule has 2 atom stereocenters. The molecule has 8 nitrogen and oxygen atoms in total. The van der Waals surface area contributed by atoms with Gasteiger partial charge in [0.05, 0.1) is 11.2 Å². The Morgan fingerprint density at radius 3 is 2.61 bits per heavy atom. The van der Waals surface area contributed by atoms with Gasteiger partial charge in [-0.15, -0.1) is 23.7 Å². The number of hydrogen-bond donors (Lipinski definition) is 2. The molecular weight excluding hydrogens is 481 g/mol. The van der Waals surface area contributed by atoms with Gasteiger partial charge in [-0.25, -0.2) is 9.37 Å². The molecule has 0 radical (unpaired) electrons. The molecule has 2 unspecified atom stereocenters. The summed E-state index contributed by atoms with van der Waals surface area (Å²) in [7, 11) is 3.26. The number of nitrogens with zero attached hydrogens (tertiary/aromatic N) is 3. The Balaban J connectivity index is 2.62. The summed E-state index contributed by atoms with van der Waals surface area (Å²) in [5, 5.41) is 7.65. The van der Waals surface area contributed by atoms with Crippen LogP contribution in [0.15, 0.2) is 10.9 Å². The van der Waals surface area contributed by atoms with Crippen LogP contribution in [0.2, 0.25) is 0 Å². The number of thiazole rings is 1. The number of carbonyl (C=O) groups is 3. The molecule has 3 amide bonds. The minimum Gasteiger partial charge on any atom is -0.354 e. The third-order valence-electron chi connectivity index (χ3n) is 6.01. The van der Waals surface area contributed by atoms with Gasteiger partial charge in [0.2, 0.25) is 17.7 Å². The lowest BCUT2D eigenvalue weighted by Gasteiger charge is -2.22. The fourth-order valence-electron chi connectivity index (χ4n) is 3.72. The predicted molar refractivity (Wildman–Crippen MR) is 142 cm³/mol. The average molecular weight is 524 g/mol. The quantitative estimate of drug-likeness (QED) is 0.165. The Labute approximate surface area is 219 Å². The second-order valence-corrected chi connectivity index (χ2v) is 9.89. The van der Waals surface area contributed by atoms with E-state index in [1.54, 1.807) is 19.6 Å². The zero-order valence-electron chi connectivity index (χ0n) is 21.9. The van der Waals surface area contributed by atoms with E-state index < -0.39 is 12.8 Å². The molecule has 0 saturated carbocycles. The van der Waals surface area contributed by atoms with Crippen molar-refractivity contribution < 1.29 is 18.8 Å². The zero-order chi connectivity index (χ0) is 26.8. The van der Waals surface area contributed by atoms with Crippen LogP contribution >= 0.6 is 11.3 Å². The van der Waals surface area contributed by atoms with Gasteiger partial charge in [0.25, 0.3) is 0 Å². The van der Waals surface area contributed by atoms with Crippen molar-refractivity contribution in [3.8, 4) is 12.3 Å². The Kier molecular flexibility index (Phi) is 16.4. The summed E-state index contributed by atoms with van der Waals surface area (Å²) in [6, 6.07) is -0.769. The molecule has 0 bridgehead atoms. The molecule has 202 valence electrons. The van der Waals surface area contributed by atoms with Crippen LogP contribution in [0.3, 0.4) is 0 Å². The van der Waals surface area contributed by atoms with Crippen molar-refractivity contribution in [3.05, 3.63) is 16.6 Å². The monoisotopic (exact) mass is 523 g/mol. The van der Waals surface area contributed by atoms with E-state index in [-0.39, 0.29) is 37.0 Å². The molecule has 0 aliphatic heterocycles. The summed E-state index contributed by atoms with van der Waals surface area (Å²) in [6.45, 7) is 2.86. The maximum atomic E-state index is 13.0. The third-order valence-corrected chi connectivity index (χ3v) is 6.64. The molecule has 0 spiro atoms. The van der Waals surface area contributed by atoms with E-state index >= 15 is 0 Å². The van der Waals surface area contributed by atoms with Crippen molar-refractivity contribution >= 4 is 29.1 Å². The van der Waals surface area contributed by atoms with Gasteiger partial charge in [-0.1, -0.05) is 19.8 Å². The second kappa shape index (κ2) is 18.7. The molecule has 36 heavy (non-hydrogen) atoms. The minimum atomic E-state index is -0.769. The zero-order valence-corrected chi connectivity index (χ0v) is 22.7. The highest BCUT2D eigenvalue weighted by Gasteiger charge is 2.23. The number of carbonyl (C=O) groups excluding carboxylic acids is 3. The fraction of sp³-hybridized carbons (Fsp3) is 0.692. The molecule has 1 aromatic rings. The van der Waals surface area contributed by atoms with Crippen LogP contribution in [0.5, 0.6) is 0 Å². The largest absolute Gasteiger partial charge is 0.354 e. The predicted octanol–water partition coefficient (Wildman–Crippen LogP) is 2.99. The summed E-state index contributed by atoms with van der Waals surface area (Å²) in [4.78, 5) is 45.2. The van der Waals surface area contributed by atoms with E-state index in [2.05, 4.69) is 28.5 Å². The Morgan fingerprint density at radius 2 is 1.97 bits per heavy atom. The first kappa shape index (κ1) is 31.5. The Hall–Kier alpha value is -2.51. The SMILES string of the molecule is C#CCCCCC(CCC)CNC(=O)C(Cc1cscn1)NC(=O)CCC(=O)N(C)CCN(C)CF. The first-order valence-corrected chi connectivity index (χ1v) is 13.6. The Bertz CT molecular complexity index is 815. The number of likely N-dealkylation sites (N-methyl/N-ethyl adjacent to an activating group) is 2. The fourth-order valence-corrected chi connectivity index (χ4v) is 4.30. The van der Waals surface area contributed by atoms with Crippen molar-refractivity contribution in [2.24, 2.45) is 5.92 Å². The van der Waals surface area contributed by atoms with E-state index in [1.807, 2.05) is 5.38 Å². The van der Waals surface area contributed by atoms with Crippen LogP contribution in [0.1, 0.15) is 64.0 Å². The van der Waals surface area contributed by atoms with Gasteiger partial charge in [-0.2, -0.15) is 0 Å². The van der Waals surface area contributed by atoms with Gasteiger partial charge in [-0.05, 0) is 32.2 Å². The number of aromatic nitrogens is 1. The number of unbranched alkanes of at least 4 members (excludes halogenated alkanes) is 2. The first-order chi connectivity index (χ1) is 17.3. The minimum absolute atomic E-state index is 0.0168. The van der Waals surface area contributed by atoms with Crippen molar-refractivity contribution in [3.63, 3.8) is 0 Å². The van der Waals surface area contributed by atoms with Crippen LogP contribution in [0.4, 0.5) is 4.39 Å². The van der Waals surface area contributed by atoms with E-state index in [1.165, 1.54) is 21.1 Å². The standard InChI is InChI=1S/C26H42FN5O3S/c1-5-7-8-9-11-21(10-6-2)17-28-26(35)23(16-22-18-36-20-29-22)30-24(33)12-13-25(34)32(4)15-14-31(3)19-27/h1,18,20-21,23H,6-17,19H2,2-4H3,(H,28,35)(H,30,33). The van der Waals surface area contributed by atoms with E-state index in [0.717, 1.165) is 44.2 Å². The number of nitrogens with one attached hydrogen (secondary N) is 2. The van der Waals surface area contributed by atoms with E-state index in [9.17, 15) is 18.8 Å². The van der Waals surface area contributed by atoms with Crippen LogP contribution in [-0.2, 0) is 20.8 Å². The number of hydrogen-bond acceptors (Lipinski definition) is 6. The van der Waals surface area contributed by atoms with Crippen LogP contribution in [0.25, 0.3) is 0 Å². The van der Waals surface area contributed by atoms with Gasteiger partial charge in [0.1, 0.15) is 12.8 Å². The number of halogens is 1. The summed E-state index contributed by atoms with van der Waals surface area (Å²) in [5.41, 5.74) is 2.42. The highest BCUT2D eigenvalue weighted by atomic mass is 32.1. The molecule has 0 aliphatic carbocycles. The molecule has 1 rings (SSSR count). The second-order valence-electron chi connectivity index (χ2n) is 9.17. The van der Waals surface area contributed by atoms with Gasteiger partial charge in [0.15, 0.2) is 0 Å². The molecule has 0 saturated heterocycles. The maximum Gasteiger partial charge on any atom is 0.242 e. The van der Waals surface area contributed by atoms with Crippen molar-refractivity contribution in [1.29, 1.82) is 0 Å². The number of rotatable bonds is 19. The lowest BCUT2D eigenvalue weighted by molar-refractivity contribution is -0.133. The molecule has 0 fully saturated rings. The molecule has 1 heterocycles. The van der Waals surface area contributed by atoms with E-state index in [4.69, 9.17) is 6.42 Å². The Morgan fingerprint density at radius 1 is 1.19 bits per heavy atom. The topological polar surface area (TPSA) is 94.6 Å². The molecule has 10 heteroatoms. The molecule has 0 aromatic carbocycles. The lowest BCUT2D eigenvalue weighted by atomic mass is 9.96. The van der Waals surface area contributed by atoms with Gasteiger partial charge < -0.3 is 15.5 Å². The molecular formula is C26H42FN5O3S. The number of alkyl halides is 1. The normalized spacial score (nSPS) is 12.6. The number of amides is 3. The molecule has 1 aromatic heterocycles.